The lowest BCUT2D eigenvalue weighted by atomic mass is 9.68. The molecular weight excluding hydrogens is 590 g/mol. The van der Waals surface area contributed by atoms with Crippen LogP contribution in [-0.4, -0.2) is 76.9 Å². The number of nitriles is 1. The van der Waals surface area contributed by atoms with E-state index in [1.54, 1.807) is 0 Å². The summed E-state index contributed by atoms with van der Waals surface area (Å²) < 4.78 is 40.8. The third-order valence-corrected chi connectivity index (χ3v) is 11.2. The first-order valence-electron chi connectivity index (χ1n) is 16.6. The molecule has 3 aliphatic carbocycles. The minimum absolute atomic E-state index is 0.109. The van der Waals surface area contributed by atoms with Crippen molar-refractivity contribution in [3.8, 4) is 23.5 Å². The molecule has 5 aliphatic rings. The molecule has 46 heavy (non-hydrogen) atoms. The van der Waals surface area contributed by atoms with Gasteiger partial charge in [0.1, 0.15) is 18.0 Å². The van der Waals surface area contributed by atoms with Crippen LogP contribution in [0.2, 0.25) is 0 Å². The summed E-state index contributed by atoms with van der Waals surface area (Å²) in [5, 5.41) is 18.1. The van der Waals surface area contributed by atoms with Crippen LogP contribution in [0.15, 0.2) is 22.7 Å². The van der Waals surface area contributed by atoms with Gasteiger partial charge in [-0.3, -0.25) is 4.90 Å². The number of fused-ring (bicyclic) bond motifs is 4. The zero-order valence-corrected chi connectivity index (χ0v) is 26.4. The lowest BCUT2D eigenvalue weighted by molar-refractivity contribution is -0.133. The number of nitrogens with two attached hydrogens (primary N) is 1. The van der Waals surface area contributed by atoms with Crippen LogP contribution in [0.1, 0.15) is 79.9 Å². The molecule has 0 radical (unpaired) electrons. The topological polar surface area (TPSA) is 129 Å². The predicted octanol–water partition coefficient (Wildman–Crippen LogP) is 4.59. The minimum atomic E-state index is -2.64. The maximum absolute atomic E-state index is 14.0. The molecule has 0 bridgehead atoms. The van der Waals surface area contributed by atoms with Crippen molar-refractivity contribution in [2.75, 3.05) is 43.9 Å². The molecule has 3 N–H and O–H groups in total. The Morgan fingerprint density at radius 3 is 2.78 bits per heavy atom. The van der Waals surface area contributed by atoms with Crippen LogP contribution in [0.25, 0.3) is 11.5 Å². The highest BCUT2D eigenvalue weighted by Gasteiger charge is 2.58. The Labute approximate surface area is 267 Å². The van der Waals surface area contributed by atoms with Gasteiger partial charge in [-0.2, -0.15) is 10.2 Å². The second-order valence-electron chi connectivity index (χ2n) is 14.2. The average Bonchev–Trinajstić information content (AvgIpc) is 3.74. The number of nitrogens with zero attached hydrogens (tertiary/aromatic N) is 6. The van der Waals surface area contributed by atoms with Gasteiger partial charge in [0.2, 0.25) is 5.88 Å². The van der Waals surface area contributed by atoms with Crippen molar-refractivity contribution in [2.45, 2.75) is 93.7 Å². The maximum atomic E-state index is 14.0. The third-order valence-electron chi connectivity index (χ3n) is 11.2. The van der Waals surface area contributed by atoms with Gasteiger partial charge < -0.3 is 25.2 Å². The number of hydrogen-bond donors (Lipinski definition) is 2. The number of likely N-dealkylation sites (tertiary alicyclic amines) is 1. The van der Waals surface area contributed by atoms with Crippen molar-refractivity contribution < 1.29 is 18.0 Å². The highest BCUT2D eigenvalue weighted by molar-refractivity contribution is 5.68. The van der Waals surface area contributed by atoms with E-state index in [1.807, 2.05) is 18.2 Å². The summed E-state index contributed by atoms with van der Waals surface area (Å²) in [6.07, 6.45) is 5.83. The maximum Gasteiger partial charge on any atom is 0.251 e. The molecule has 1 aromatic carbocycles. The van der Waals surface area contributed by atoms with Crippen molar-refractivity contribution in [2.24, 2.45) is 0 Å². The lowest BCUT2D eigenvalue weighted by Gasteiger charge is -2.53. The van der Waals surface area contributed by atoms with Crippen LogP contribution in [-0.2, 0) is 18.3 Å². The molecule has 242 valence electrons. The molecule has 0 unspecified atom stereocenters. The highest BCUT2D eigenvalue weighted by atomic mass is 19.3. The summed E-state index contributed by atoms with van der Waals surface area (Å²) in [7, 11) is 2.12. The second kappa shape index (κ2) is 10.6. The van der Waals surface area contributed by atoms with E-state index in [1.165, 1.54) is 0 Å². The zero-order chi connectivity index (χ0) is 31.8. The fourth-order valence-electron chi connectivity index (χ4n) is 9.13. The van der Waals surface area contributed by atoms with Crippen LogP contribution in [0.5, 0.6) is 5.88 Å². The van der Waals surface area contributed by atoms with E-state index in [0.29, 0.717) is 54.1 Å². The number of piperazine rings is 1. The van der Waals surface area contributed by atoms with Gasteiger partial charge in [0.05, 0.1) is 11.0 Å². The van der Waals surface area contributed by atoms with Gasteiger partial charge in [-0.1, -0.05) is 11.2 Å². The molecular formula is C34H40F2N8O2. The fourth-order valence-corrected chi connectivity index (χ4v) is 9.13. The minimum Gasteiger partial charge on any atom is -0.473 e. The molecule has 2 aromatic heterocycles. The van der Waals surface area contributed by atoms with E-state index in [0.717, 1.165) is 73.9 Å². The van der Waals surface area contributed by atoms with Crippen LogP contribution in [0.4, 0.5) is 20.3 Å². The standard InChI is InChI=1S/C34H40F2N8O2/c1-20(25-6-4-13-43(25)2)45-27-15-26(44-14-12-39-32(19-44)17-34(35,36)18-32)40-31(41-27)29-22-5-3-10-33(30(22)46-42-29)11-9-21-7-8-24(38)23(16-37)28(21)33/h7-8,15,20,25,39H,3-6,9-14,17-19,38H2,1-2H3/t20-,25-,33-/m0/s1. The Morgan fingerprint density at radius 1 is 1.17 bits per heavy atom. The number of nitrogen functional groups attached to an aromatic ring is 1. The van der Waals surface area contributed by atoms with Crippen molar-refractivity contribution >= 4 is 11.5 Å². The van der Waals surface area contributed by atoms with E-state index in [-0.39, 0.29) is 25.0 Å². The fraction of sp³-hybridized carbons (Fsp3) is 0.588. The normalized spacial score (nSPS) is 26.8. The van der Waals surface area contributed by atoms with Gasteiger partial charge in [0, 0.05) is 61.4 Å². The largest absolute Gasteiger partial charge is 0.473 e. The summed E-state index contributed by atoms with van der Waals surface area (Å²) in [6, 6.07) is 8.33. The molecule has 3 fully saturated rings. The van der Waals surface area contributed by atoms with E-state index in [4.69, 9.17) is 25.0 Å². The number of likely N-dealkylation sites (N-methyl/N-ethyl adjacent to an activating group) is 1. The molecule has 1 saturated carbocycles. The van der Waals surface area contributed by atoms with E-state index in [9.17, 15) is 14.0 Å². The van der Waals surface area contributed by atoms with Crippen LogP contribution in [0, 0.1) is 11.3 Å². The van der Waals surface area contributed by atoms with E-state index in [2.05, 4.69) is 40.3 Å². The van der Waals surface area contributed by atoms with E-state index < -0.39 is 16.9 Å². The summed E-state index contributed by atoms with van der Waals surface area (Å²) >= 11 is 0. The number of hydrogen-bond acceptors (Lipinski definition) is 10. The summed E-state index contributed by atoms with van der Waals surface area (Å²) in [5.74, 6) is -0.401. The number of aryl methyl sites for hydroxylation is 1. The Balaban J connectivity index is 1.19. The Bertz CT molecular complexity index is 1730. The molecule has 12 heteroatoms. The summed E-state index contributed by atoms with van der Waals surface area (Å²) in [6.45, 7) is 4.73. The van der Waals surface area contributed by atoms with Crippen LogP contribution < -0.4 is 20.7 Å². The highest BCUT2D eigenvalue weighted by Crippen LogP contribution is 2.54. The number of benzene rings is 1. The van der Waals surface area contributed by atoms with Gasteiger partial charge in [-0.15, -0.1) is 0 Å². The van der Waals surface area contributed by atoms with Gasteiger partial charge >= 0.3 is 0 Å². The first kappa shape index (κ1) is 29.6. The SMILES string of the molecule is C[C@H](Oc1cc(N2CCNC3(C2)CC(F)(F)C3)nc(-c2noc3c2CCC[C@@]32CCc3ccc(N)c(C#N)c32)n1)[C@@H]1CCCN1C. The summed E-state index contributed by atoms with van der Waals surface area (Å²) in [4.78, 5) is 14.3. The Kier molecular flexibility index (Phi) is 6.82. The molecule has 3 atom stereocenters. The molecule has 2 saturated heterocycles. The molecule has 2 spiro atoms. The third kappa shape index (κ3) is 4.65. The number of rotatable bonds is 5. The lowest BCUT2D eigenvalue weighted by Crippen LogP contribution is -2.70. The number of ether oxygens (including phenoxy) is 1. The number of halogens is 2. The van der Waals surface area contributed by atoms with Crippen LogP contribution >= 0.6 is 0 Å². The number of alkyl halides is 2. The number of anilines is 2. The Hall–Kier alpha value is -3.82. The van der Waals surface area contributed by atoms with Gasteiger partial charge in [-0.25, -0.2) is 13.8 Å². The van der Waals surface area contributed by atoms with Gasteiger partial charge in [0.15, 0.2) is 17.3 Å². The zero-order valence-electron chi connectivity index (χ0n) is 26.4. The Morgan fingerprint density at radius 2 is 2.02 bits per heavy atom. The molecule has 0 amide bonds. The first-order chi connectivity index (χ1) is 22.1. The molecule has 4 heterocycles. The van der Waals surface area contributed by atoms with Gasteiger partial charge in [0.25, 0.3) is 5.92 Å². The molecule has 2 aliphatic heterocycles. The second-order valence-corrected chi connectivity index (χ2v) is 14.2. The summed E-state index contributed by atoms with van der Waals surface area (Å²) in [5.41, 5.74) is 9.81. The molecule has 3 aromatic rings. The van der Waals surface area contributed by atoms with Crippen molar-refractivity contribution in [1.29, 1.82) is 5.26 Å². The predicted molar refractivity (Wildman–Crippen MR) is 168 cm³/mol. The molecule has 8 rings (SSSR count). The van der Waals surface area contributed by atoms with Gasteiger partial charge in [-0.05, 0) is 82.7 Å². The van der Waals surface area contributed by atoms with Crippen molar-refractivity contribution in [1.82, 2.24) is 25.3 Å². The number of nitrogens with one attached hydrogen (secondary N) is 1. The van der Waals surface area contributed by atoms with Crippen molar-refractivity contribution in [3.05, 3.63) is 46.2 Å². The van der Waals surface area contributed by atoms with Crippen molar-refractivity contribution in [3.63, 3.8) is 0 Å². The molecule has 10 nitrogen and oxygen atoms in total. The average molecular weight is 631 g/mol. The monoisotopic (exact) mass is 630 g/mol. The quantitative estimate of drug-likeness (QED) is 0.386. The smallest absolute Gasteiger partial charge is 0.251 e. The number of aromatic nitrogens is 3. The first-order valence-corrected chi connectivity index (χ1v) is 16.6. The van der Waals surface area contributed by atoms with Crippen LogP contribution in [0.3, 0.4) is 0 Å². The van der Waals surface area contributed by atoms with E-state index >= 15 is 0 Å².